The lowest BCUT2D eigenvalue weighted by atomic mass is 9.95. The van der Waals surface area contributed by atoms with Gasteiger partial charge in [0.25, 0.3) is 5.91 Å². The lowest BCUT2D eigenvalue weighted by Crippen LogP contribution is -2.32. The Hall–Kier alpha value is -2.07. The van der Waals surface area contributed by atoms with Gasteiger partial charge in [-0.1, -0.05) is 12.1 Å². The zero-order valence-electron chi connectivity index (χ0n) is 9.85. The van der Waals surface area contributed by atoms with Crippen LogP contribution in [0.15, 0.2) is 41.0 Å². The van der Waals surface area contributed by atoms with Crippen LogP contribution >= 0.6 is 0 Å². The highest BCUT2D eigenvalue weighted by Gasteiger charge is 2.19. The quantitative estimate of drug-likeness (QED) is 0.840. The van der Waals surface area contributed by atoms with E-state index in [-0.39, 0.29) is 11.9 Å². The molecule has 2 aromatic rings. The van der Waals surface area contributed by atoms with Gasteiger partial charge in [-0.05, 0) is 35.7 Å². The van der Waals surface area contributed by atoms with E-state index in [1.165, 1.54) is 0 Å². The van der Waals surface area contributed by atoms with Crippen LogP contribution in [0.2, 0.25) is 0 Å². The molecule has 4 heteroatoms. The zero-order valence-corrected chi connectivity index (χ0v) is 9.85. The molecule has 1 aliphatic heterocycles. The zero-order chi connectivity index (χ0) is 12.5. The number of carbonyl (C=O) groups is 1. The average molecular weight is 242 g/mol. The molecule has 1 amide bonds. The van der Waals surface area contributed by atoms with Crippen LogP contribution in [0.4, 0.5) is 0 Å². The molecule has 0 radical (unpaired) electrons. The predicted molar refractivity (Wildman–Crippen MR) is 67.2 cm³/mol. The second kappa shape index (κ2) is 4.31. The number of hydrogen-bond acceptors (Lipinski definition) is 3. The minimum absolute atomic E-state index is 0.0234. The molecule has 1 aliphatic rings. The van der Waals surface area contributed by atoms with E-state index in [9.17, 15) is 4.79 Å². The summed E-state index contributed by atoms with van der Waals surface area (Å²) in [5.41, 5.74) is 8.80. The molecule has 2 heterocycles. The number of benzene rings is 1. The van der Waals surface area contributed by atoms with Gasteiger partial charge in [0.05, 0.1) is 12.3 Å². The molecule has 1 atom stereocenters. The fourth-order valence-corrected chi connectivity index (χ4v) is 2.26. The second-order valence-electron chi connectivity index (χ2n) is 4.42. The first-order valence-corrected chi connectivity index (χ1v) is 5.96. The predicted octanol–water partition coefficient (Wildman–Crippen LogP) is 1.61. The first-order valence-electron chi connectivity index (χ1n) is 5.96. The molecule has 4 nitrogen and oxygen atoms in total. The van der Waals surface area contributed by atoms with Crippen LogP contribution in [0.5, 0.6) is 0 Å². The van der Waals surface area contributed by atoms with Crippen molar-refractivity contribution in [3.8, 4) is 0 Å². The Labute approximate surface area is 105 Å². The molecule has 0 spiro atoms. The van der Waals surface area contributed by atoms with Crippen LogP contribution in [0.3, 0.4) is 0 Å². The molecule has 1 unspecified atom stereocenters. The average Bonchev–Trinajstić information content (AvgIpc) is 2.92. The van der Waals surface area contributed by atoms with Crippen molar-refractivity contribution >= 4 is 5.91 Å². The molecule has 3 N–H and O–H groups in total. The van der Waals surface area contributed by atoms with Gasteiger partial charge in [-0.15, -0.1) is 0 Å². The van der Waals surface area contributed by atoms with E-state index in [0.29, 0.717) is 12.3 Å². The number of furan rings is 1. The molecule has 1 aromatic carbocycles. The van der Waals surface area contributed by atoms with Crippen LogP contribution in [-0.4, -0.2) is 12.5 Å². The van der Waals surface area contributed by atoms with Gasteiger partial charge in [0, 0.05) is 12.1 Å². The Morgan fingerprint density at radius 3 is 3.00 bits per heavy atom. The Balaban J connectivity index is 1.99. The summed E-state index contributed by atoms with van der Waals surface area (Å²) < 4.78 is 5.30. The van der Waals surface area contributed by atoms with Crippen molar-refractivity contribution in [1.82, 2.24) is 5.32 Å². The summed E-state index contributed by atoms with van der Waals surface area (Å²) in [5, 5.41) is 2.84. The van der Waals surface area contributed by atoms with Gasteiger partial charge in [0.2, 0.25) is 0 Å². The number of fused-ring (bicyclic) bond motifs is 1. The first kappa shape index (κ1) is 11.0. The van der Waals surface area contributed by atoms with E-state index in [1.54, 1.807) is 12.3 Å². The van der Waals surface area contributed by atoms with E-state index in [4.69, 9.17) is 10.2 Å². The summed E-state index contributed by atoms with van der Waals surface area (Å²) in [5.74, 6) is 0.677. The van der Waals surface area contributed by atoms with Gasteiger partial charge in [0.15, 0.2) is 0 Å². The summed E-state index contributed by atoms with van der Waals surface area (Å²) in [7, 11) is 0. The third kappa shape index (κ3) is 1.80. The molecule has 0 fully saturated rings. The van der Waals surface area contributed by atoms with Crippen molar-refractivity contribution in [1.29, 1.82) is 0 Å². The number of hydrogen-bond donors (Lipinski definition) is 2. The van der Waals surface area contributed by atoms with Crippen molar-refractivity contribution in [2.24, 2.45) is 5.73 Å². The summed E-state index contributed by atoms with van der Waals surface area (Å²) in [6.45, 7) is 0.704. The van der Waals surface area contributed by atoms with E-state index in [2.05, 4.69) is 5.32 Å². The standard InChI is InChI=1S/C14H14N2O2/c15-13(12-2-1-7-18-12)10-4-3-9-5-6-16-14(17)11(9)8-10/h1-4,7-8,13H,5-6,15H2,(H,16,17). The van der Waals surface area contributed by atoms with Gasteiger partial charge in [-0.25, -0.2) is 0 Å². The largest absolute Gasteiger partial charge is 0.467 e. The third-order valence-electron chi connectivity index (χ3n) is 3.27. The van der Waals surface area contributed by atoms with Crippen molar-refractivity contribution in [3.63, 3.8) is 0 Å². The van der Waals surface area contributed by atoms with Crippen LogP contribution in [0.1, 0.15) is 33.3 Å². The summed E-state index contributed by atoms with van der Waals surface area (Å²) in [6, 6.07) is 9.11. The summed E-state index contributed by atoms with van der Waals surface area (Å²) in [4.78, 5) is 11.8. The normalized spacial score (nSPS) is 15.9. The minimum Gasteiger partial charge on any atom is -0.467 e. The highest BCUT2D eigenvalue weighted by atomic mass is 16.3. The molecule has 92 valence electrons. The van der Waals surface area contributed by atoms with Crippen molar-refractivity contribution in [2.75, 3.05) is 6.54 Å². The number of carbonyl (C=O) groups excluding carboxylic acids is 1. The number of nitrogens with two attached hydrogens (primary N) is 1. The summed E-state index contributed by atoms with van der Waals surface area (Å²) >= 11 is 0. The maximum absolute atomic E-state index is 11.8. The smallest absolute Gasteiger partial charge is 0.251 e. The van der Waals surface area contributed by atoms with E-state index >= 15 is 0 Å². The molecule has 0 saturated carbocycles. The molecule has 3 rings (SSSR count). The SMILES string of the molecule is NC(c1ccc2c(c1)C(=O)NCC2)c1ccco1. The number of rotatable bonds is 2. The Morgan fingerprint density at radius 1 is 1.33 bits per heavy atom. The first-order chi connectivity index (χ1) is 8.75. The van der Waals surface area contributed by atoms with E-state index < -0.39 is 0 Å². The molecule has 0 aliphatic carbocycles. The molecular weight excluding hydrogens is 228 g/mol. The Morgan fingerprint density at radius 2 is 2.22 bits per heavy atom. The lowest BCUT2D eigenvalue weighted by Gasteiger charge is -2.18. The third-order valence-corrected chi connectivity index (χ3v) is 3.27. The van der Waals surface area contributed by atoms with Gasteiger partial charge in [0.1, 0.15) is 5.76 Å². The fraction of sp³-hybridized carbons (Fsp3) is 0.214. The van der Waals surface area contributed by atoms with Gasteiger partial charge in [-0.3, -0.25) is 4.79 Å². The molecule has 0 bridgehead atoms. The van der Waals surface area contributed by atoms with Crippen LogP contribution < -0.4 is 11.1 Å². The van der Waals surface area contributed by atoms with Gasteiger partial charge < -0.3 is 15.5 Å². The second-order valence-corrected chi connectivity index (χ2v) is 4.42. The van der Waals surface area contributed by atoms with Crippen molar-refractivity contribution in [3.05, 3.63) is 59.0 Å². The molecule has 18 heavy (non-hydrogen) atoms. The number of nitrogens with one attached hydrogen (secondary N) is 1. The summed E-state index contributed by atoms with van der Waals surface area (Å²) in [6.07, 6.45) is 2.47. The molecule has 1 aromatic heterocycles. The minimum atomic E-state index is -0.333. The highest BCUT2D eigenvalue weighted by molar-refractivity contribution is 5.96. The van der Waals surface area contributed by atoms with Crippen LogP contribution in [-0.2, 0) is 6.42 Å². The molecule has 0 saturated heterocycles. The van der Waals surface area contributed by atoms with E-state index in [1.807, 2.05) is 24.3 Å². The van der Waals surface area contributed by atoms with Gasteiger partial charge in [-0.2, -0.15) is 0 Å². The maximum atomic E-state index is 11.8. The van der Waals surface area contributed by atoms with Crippen molar-refractivity contribution < 1.29 is 9.21 Å². The van der Waals surface area contributed by atoms with Crippen molar-refractivity contribution in [2.45, 2.75) is 12.5 Å². The monoisotopic (exact) mass is 242 g/mol. The van der Waals surface area contributed by atoms with Gasteiger partial charge >= 0.3 is 0 Å². The molecular formula is C14H14N2O2. The fourth-order valence-electron chi connectivity index (χ4n) is 2.26. The van der Waals surface area contributed by atoms with Crippen LogP contribution in [0.25, 0.3) is 0 Å². The Kier molecular flexibility index (Phi) is 2.64. The Bertz CT molecular complexity index is 575. The highest BCUT2D eigenvalue weighted by Crippen LogP contribution is 2.23. The maximum Gasteiger partial charge on any atom is 0.251 e. The van der Waals surface area contributed by atoms with Crippen LogP contribution in [0, 0.1) is 0 Å². The topological polar surface area (TPSA) is 68.3 Å². The van der Waals surface area contributed by atoms with E-state index in [0.717, 1.165) is 23.1 Å². The lowest BCUT2D eigenvalue weighted by molar-refractivity contribution is 0.0946. The number of amides is 1.